The van der Waals surface area contributed by atoms with E-state index >= 15 is 0 Å². The first-order valence-corrected chi connectivity index (χ1v) is 5.31. The van der Waals surface area contributed by atoms with Gasteiger partial charge in [0.05, 0.1) is 0 Å². The van der Waals surface area contributed by atoms with Crippen molar-refractivity contribution in [2.45, 2.75) is 33.1 Å². The monoisotopic (exact) mass is 178 g/mol. The molecule has 0 nitrogen and oxygen atoms in total. The second-order valence-electron chi connectivity index (χ2n) is 3.56. The van der Waals surface area contributed by atoms with Gasteiger partial charge >= 0.3 is 0 Å². The minimum atomic E-state index is 1.16. The number of fused-ring (bicyclic) bond motifs is 1. The maximum Gasteiger partial charge on any atom is 0.00863 e. The van der Waals surface area contributed by atoms with Gasteiger partial charge in [-0.1, -0.05) is 11.6 Å². The lowest BCUT2D eigenvalue weighted by molar-refractivity contribution is 0.966. The maximum absolute atomic E-state index is 2.37. The summed E-state index contributed by atoms with van der Waals surface area (Å²) in [7, 11) is 0. The third-order valence-electron chi connectivity index (χ3n) is 2.44. The molecule has 1 aromatic heterocycles. The van der Waals surface area contributed by atoms with Gasteiger partial charge < -0.3 is 0 Å². The lowest BCUT2D eigenvalue weighted by Crippen LogP contribution is -1.81. The normalized spacial score (nSPS) is 16.7. The summed E-state index contributed by atoms with van der Waals surface area (Å²) in [4.78, 5) is 3.08. The lowest BCUT2D eigenvalue weighted by atomic mass is 10.2. The molecule has 0 aromatic carbocycles. The van der Waals surface area contributed by atoms with Crippen molar-refractivity contribution < 1.29 is 0 Å². The highest BCUT2D eigenvalue weighted by molar-refractivity contribution is 7.12. The SMILES string of the molecule is CC1=CCc2cc(C)sc2CC1. The molecular weight excluding hydrogens is 164 g/mol. The highest BCUT2D eigenvalue weighted by Gasteiger charge is 2.09. The summed E-state index contributed by atoms with van der Waals surface area (Å²) in [6.45, 7) is 4.44. The van der Waals surface area contributed by atoms with E-state index in [1.54, 1.807) is 16.0 Å². The number of allylic oxidation sites excluding steroid dienone is 2. The molecule has 0 saturated heterocycles. The van der Waals surface area contributed by atoms with Crippen molar-refractivity contribution >= 4 is 11.3 Å². The zero-order chi connectivity index (χ0) is 8.55. The lowest BCUT2D eigenvalue weighted by Gasteiger charge is -1.94. The van der Waals surface area contributed by atoms with Crippen molar-refractivity contribution in [3.05, 3.63) is 33.0 Å². The van der Waals surface area contributed by atoms with Crippen LogP contribution < -0.4 is 0 Å². The summed E-state index contributed by atoms with van der Waals surface area (Å²) in [5, 5.41) is 0. The van der Waals surface area contributed by atoms with E-state index in [-0.39, 0.29) is 0 Å². The number of aryl methyl sites for hydroxylation is 2. The van der Waals surface area contributed by atoms with Crippen molar-refractivity contribution in [3.63, 3.8) is 0 Å². The Hall–Kier alpha value is -0.560. The van der Waals surface area contributed by atoms with Gasteiger partial charge in [-0.05, 0) is 44.7 Å². The Morgan fingerprint density at radius 2 is 2.08 bits per heavy atom. The molecule has 1 aliphatic carbocycles. The summed E-state index contributed by atoms with van der Waals surface area (Å²) < 4.78 is 0. The zero-order valence-electron chi connectivity index (χ0n) is 7.68. The molecule has 0 N–H and O–H groups in total. The average Bonchev–Trinajstić information content (AvgIpc) is 2.31. The Kier molecular flexibility index (Phi) is 2.05. The molecule has 0 radical (unpaired) electrons. The van der Waals surface area contributed by atoms with Gasteiger partial charge in [0, 0.05) is 9.75 Å². The molecule has 0 atom stereocenters. The second-order valence-corrected chi connectivity index (χ2v) is 4.90. The molecule has 0 fully saturated rings. The zero-order valence-corrected chi connectivity index (χ0v) is 8.50. The van der Waals surface area contributed by atoms with Gasteiger partial charge in [-0.2, -0.15) is 0 Å². The predicted octanol–water partition coefficient (Wildman–Crippen LogP) is 3.49. The first-order chi connectivity index (χ1) is 5.75. The van der Waals surface area contributed by atoms with E-state index in [1.165, 1.54) is 17.7 Å². The van der Waals surface area contributed by atoms with E-state index in [9.17, 15) is 0 Å². The predicted molar refractivity (Wildman–Crippen MR) is 54.8 cm³/mol. The first-order valence-electron chi connectivity index (χ1n) is 4.49. The minimum Gasteiger partial charge on any atom is -0.145 e. The third kappa shape index (κ3) is 1.46. The smallest absolute Gasteiger partial charge is 0.00863 e. The van der Waals surface area contributed by atoms with Crippen LogP contribution in [0.4, 0.5) is 0 Å². The van der Waals surface area contributed by atoms with Gasteiger partial charge in [0.25, 0.3) is 0 Å². The van der Waals surface area contributed by atoms with E-state index in [0.717, 1.165) is 6.42 Å². The molecule has 64 valence electrons. The van der Waals surface area contributed by atoms with Crippen LogP contribution in [-0.4, -0.2) is 0 Å². The average molecular weight is 178 g/mol. The molecule has 1 aromatic rings. The molecule has 0 unspecified atom stereocenters. The van der Waals surface area contributed by atoms with Crippen molar-refractivity contribution in [2.75, 3.05) is 0 Å². The van der Waals surface area contributed by atoms with Crippen LogP contribution in [0.25, 0.3) is 0 Å². The standard InChI is InChI=1S/C11H14S/c1-8-3-5-10-7-9(2)12-11(10)6-4-8/h3,7H,4-6H2,1-2H3. The van der Waals surface area contributed by atoms with Crippen LogP contribution in [0.1, 0.15) is 28.7 Å². The Morgan fingerprint density at radius 1 is 1.25 bits per heavy atom. The van der Waals surface area contributed by atoms with Gasteiger partial charge in [0.1, 0.15) is 0 Å². The first kappa shape index (κ1) is 8.06. The van der Waals surface area contributed by atoms with Crippen molar-refractivity contribution in [1.82, 2.24) is 0 Å². The summed E-state index contributed by atoms with van der Waals surface area (Å²) in [5.74, 6) is 0. The Morgan fingerprint density at radius 3 is 2.92 bits per heavy atom. The van der Waals surface area contributed by atoms with Crippen molar-refractivity contribution in [3.8, 4) is 0 Å². The van der Waals surface area contributed by atoms with E-state index in [1.807, 2.05) is 11.3 Å². The Labute approximate surface area is 77.9 Å². The third-order valence-corrected chi connectivity index (χ3v) is 3.59. The molecular formula is C11H14S. The van der Waals surface area contributed by atoms with Gasteiger partial charge in [0.2, 0.25) is 0 Å². The van der Waals surface area contributed by atoms with E-state index in [0.29, 0.717) is 0 Å². The fraction of sp³-hybridized carbons (Fsp3) is 0.455. The Bertz CT molecular complexity index is 318. The van der Waals surface area contributed by atoms with Crippen molar-refractivity contribution in [1.29, 1.82) is 0 Å². The second kappa shape index (κ2) is 3.06. The maximum atomic E-state index is 2.37. The number of rotatable bonds is 0. The number of hydrogen-bond acceptors (Lipinski definition) is 1. The van der Waals surface area contributed by atoms with Crippen LogP contribution >= 0.6 is 11.3 Å². The molecule has 1 heterocycles. The van der Waals surface area contributed by atoms with E-state index in [2.05, 4.69) is 26.0 Å². The Balaban J connectivity index is 2.34. The summed E-state index contributed by atoms with van der Waals surface area (Å²) >= 11 is 1.97. The van der Waals surface area contributed by atoms with Crippen LogP contribution in [-0.2, 0) is 12.8 Å². The molecule has 12 heavy (non-hydrogen) atoms. The van der Waals surface area contributed by atoms with Crippen LogP contribution in [0.2, 0.25) is 0 Å². The van der Waals surface area contributed by atoms with Gasteiger partial charge in [0.15, 0.2) is 0 Å². The van der Waals surface area contributed by atoms with Crippen LogP contribution in [0.3, 0.4) is 0 Å². The van der Waals surface area contributed by atoms with Gasteiger partial charge in [-0.15, -0.1) is 11.3 Å². The summed E-state index contributed by atoms with van der Waals surface area (Å²) in [6.07, 6.45) is 6.05. The minimum absolute atomic E-state index is 1.16. The van der Waals surface area contributed by atoms with Gasteiger partial charge in [-0.25, -0.2) is 0 Å². The molecule has 0 saturated carbocycles. The molecule has 2 rings (SSSR count). The summed E-state index contributed by atoms with van der Waals surface area (Å²) in [5.41, 5.74) is 3.12. The molecule has 1 aliphatic rings. The number of hydrogen-bond donors (Lipinski definition) is 0. The van der Waals surface area contributed by atoms with Crippen LogP contribution in [0, 0.1) is 6.92 Å². The fourth-order valence-corrected chi connectivity index (χ4v) is 2.76. The van der Waals surface area contributed by atoms with E-state index in [4.69, 9.17) is 0 Å². The van der Waals surface area contributed by atoms with Crippen LogP contribution in [0.5, 0.6) is 0 Å². The van der Waals surface area contributed by atoms with E-state index < -0.39 is 0 Å². The molecule has 1 heteroatoms. The quantitative estimate of drug-likeness (QED) is 0.533. The van der Waals surface area contributed by atoms with Gasteiger partial charge in [-0.3, -0.25) is 0 Å². The number of thiophene rings is 1. The highest BCUT2D eigenvalue weighted by Crippen LogP contribution is 2.27. The largest absolute Gasteiger partial charge is 0.145 e. The molecule has 0 bridgehead atoms. The topological polar surface area (TPSA) is 0 Å². The highest BCUT2D eigenvalue weighted by atomic mass is 32.1. The van der Waals surface area contributed by atoms with Crippen LogP contribution in [0.15, 0.2) is 17.7 Å². The van der Waals surface area contributed by atoms with Crippen molar-refractivity contribution in [2.24, 2.45) is 0 Å². The fourth-order valence-electron chi connectivity index (χ4n) is 1.70. The molecule has 0 amide bonds. The molecule has 0 spiro atoms. The molecule has 0 aliphatic heterocycles. The summed E-state index contributed by atoms with van der Waals surface area (Å²) in [6, 6.07) is 2.34.